The van der Waals surface area contributed by atoms with Gasteiger partial charge in [0.2, 0.25) is 0 Å². The van der Waals surface area contributed by atoms with E-state index in [1.54, 1.807) is 0 Å². The Morgan fingerprint density at radius 3 is 2.79 bits per heavy atom. The maximum Gasteiger partial charge on any atom is 0.0208 e. The largest absolute Gasteiger partial charge is 0.310 e. The monoisotopic (exact) mass is 322 g/mol. The summed E-state index contributed by atoms with van der Waals surface area (Å²) in [6.07, 6.45) is 2.47. The summed E-state index contributed by atoms with van der Waals surface area (Å²) in [6.45, 7) is 10.5. The highest BCUT2D eigenvalue weighted by Gasteiger charge is 2.18. The molecule has 1 N–H and O–H groups in total. The van der Waals surface area contributed by atoms with Crippen molar-refractivity contribution < 1.29 is 0 Å². The first-order valence-electron chi connectivity index (χ1n) is 6.98. The topological polar surface area (TPSA) is 15.3 Å². The van der Waals surface area contributed by atoms with Crippen LogP contribution < -0.4 is 5.32 Å². The quantitative estimate of drug-likeness (QED) is 0.833. The minimum Gasteiger partial charge on any atom is -0.310 e. The van der Waals surface area contributed by atoms with Gasteiger partial charge in [0, 0.05) is 23.6 Å². The maximum absolute atomic E-state index is 3.99. The van der Waals surface area contributed by atoms with Crippen LogP contribution >= 0.6 is 15.9 Å². The van der Waals surface area contributed by atoms with Crippen LogP contribution in [0.3, 0.4) is 0 Å². The van der Waals surface area contributed by atoms with E-state index in [1.807, 2.05) is 0 Å². The summed E-state index contributed by atoms with van der Waals surface area (Å²) in [4.78, 5) is 2.50. The zero-order valence-corrected chi connectivity index (χ0v) is 13.2. The molecule has 0 atom stereocenters. The van der Waals surface area contributed by atoms with E-state index in [1.165, 1.54) is 37.1 Å². The molecular weight excluding hydrogens is 300 g/mol. The summed E-state index contributed by atoms with van der Waals surface area (Å²) in [5.41, 5.74) is 2.61. The van der Waals surface area contributed by atoms with Crippen LogP contribution in [-0.4, -0.2) is 30.6 Å². The fraction of sp³-hybridized carbons (Fsp3) is 0.500. The standard InChI is InChI=1S/C16H23BrN2/c1-13(2)12-19-8-6-16(7-9-19)18-11-14-4-3-5-15(17)10-14/h3-5,10,16,18H,1,6-9,11-12H2,2H3. The zero-order chi connectivity index (χ0) is 13.7. The van der Waals surface area contributed by atoms with E-state index in [-0.39, 0.29) is 0 Å². The number of benzene rings is 1. The SMILES string of the molecule is C=C(C)CN1CCC(NCc2cccc(Br)c2)CC1. The molecule has 0 aliphatic carbocycles. The summed E-state index contributed by atoms with van der Waals surface area (Å²) < 4.78 is 1.16. The van der Waals surface area contributed by atoms with Gasteiger partial charge in [-0.2, -0.15) is 0 Å². The van der Waals surface area contributed by atoms with Gasteiger partial charge in [0.05, 0.1) is 0 Å². The molecule has 1 saturated heterocycles. The third-order valence-electron chi connectivity index (χ3n) is 3.56. The molecule has 0 unspecified atom stereocenters. The van der Waals surface area contributed by atoms with Crippen LogP contribution in [-0.2, 0) is 6.54 Å². The molecule has 104 valence electrons. The third kappa shape index (κ3) is 5.09. The van der Waals surface area contributed by atoms with Crippen molar-refractivity contribution in [2.24, 2.45) is 0 Å². The molecule has 1 aliphatic rings. The normalized spacial score (nSPS) is 17.6. The number of piperidine rings is 1. The van der Waals surface area contributed by atoms with E-state index in [4.69, 9.17) is 0 Å². The number of hydrogen-bond acceptors (Lipinski definition) is 2. The molecular formula is C16H23BrN2. The summed E-state index contributed by atoms with van der Waals surface area (Å²) in [6, 6.07) is 9.17. The second-order valence-electron chi connectivity index (χ2n) is 5.52. The lowest BCUT2D eigenvalue weighted by Crippen LogP contribution is -2.42. The number of likely N-dealkylation sites (tertiary alicyclic amines) is 1. The molecule has 1 heterocycles. The average Bonchev–Trinajstić information content (AvgIpc) is 2.37. The van der Waals surface area contributed by atoms with Crippen molar-refractivity contribution in [3.05, 3.63) is 46.5 Å². The highest BCUT2D eigenvalue weighted by Crippen LogP contribution is 2.14. The molecule has 0 radical (unpaired) electrons. The highest BCUT2D eigenvalue weighted by atomic mass is 79.9. The van der Waals surface area contributed by atoms with Crippen LogP contribution in [0.1, 0.15) is 25.3 Å². The average molecular weight is 323 g/mol. The minimum absolute atomic E-state index is 0.653. The molecule has 0 saturated carbocycles. The molecule has 2 nitrogen and oxygen atoms in total. The van der Waals surface area contributed by atoms with Crippen LogP contribution in [0.25, 0.3) is 0 Å². The Bertz CT molecular complexity index is 423. The van der Waals surface area contributed by atoms with E-state index < -0.39 is 0 Å². The summed E-state index contributed by atoms with van der Waals surface area (Å²) >= 11 is 3.52. The van der Waals surface area contributed by atoms with Gasteiger partial charge < -0.3 is 5.32 Å². The summed E-state index contributed by atoms with van der Waals surface area (Å²) in [7, 11) is 0. The first-order chi connectivity index (χ1) is 9.13. The van der Waals surface area contributed by atoms with Gasteiger partial charge in [0.1, 0.15) is 0 Å². The van der Waals surface area contributed by atoms with Crippen LogP contribution in [0.5, 0.6) is 0 Å². The lowest BCUT2D eigenvalue weighted by atomic mass is 10.0. The molecule has 0 aromatic heterocycles. The molecule has 3 heteroatoms. The smallest absolute Gasteiger partial charge is 0.0208 e. The van der Waals surface area contributed by atoms with Crippen molar-refractivity contribution in [1.82, 2.24) is 10.2 Å². The van der Waals surface area contributed by atoms with E-state index in [2.05, 4.69) is 63.9 Å². The van der Waals surface area contributed by atoms with Gasteiger partial charge in [0.25, 0.3) is 0 Å². The van der Waals surface area contributed by atoms with Crippen LogP contribution in [0.4, 0.5) is 0 Å². The molecule has 2 rings (SSSR count). The van der Waals surface area contributed by atoms with Crippen LogP contribution in [0, 0.1) is 0 Å². The van der Waals surface area contributed by atoms with Gasteiger partial charge in [-0.3, -0.25) is 4.90 Å². The van der Waals surface area contributed by atoms with Gasteiger partial charge in [-0.1, -0.05) is 40.2 Å². The van der Waals surface area contributed by atoms with Crippen molar-refractivity contribution >= 4 is 15.9 Å². The molecule has 1 aromatic carbocycles. The predicted molar refractivity (Wildman–Crippen MR) is 85.3 cm³/mol. The van der Waals surface area contributed by atoms with E-state index >= 15 is 0 Å². The first kappa shape index (κ1) is 14.8. The van der Waals surface area contributed by atoms with Gasteiger partial charge >= 0.3 is 0 Å². The number of nitrogens with zero attached hydrogens (tertiary/aromatic N) is 1. The van der Waals surface area contributed by atoms with Gasteiger partial charge in [-0.25, -0.2) is 0 Å². The van der Waals surface area contributed by atoms with Gasteiger partial charge in [-0.05, 0) is 50.6 Å². The molecule has 1 aliphatic heterocycles. The van der Waals surface area contributed by atoms with Crippen molar-refractivity contribution in [3.63, 3.8) is 0 Å². The molecule has 0 bridgehead atoms. The predicted octanol–water partition coefficient (Wildman–Crippen LogP) is 3.58. The summed E-state index contributed by atoms with van der Waals surface area (Å²) in [5, 5.41) is 3.67. The maximum atomic E-state index is 3.99. The number of hydrogen-bond donors (Lipinski definition) is 1. The Kier molecular flexibility index (Phi) is 5.61. The Hall–Kier alpha value is -0.640. The Morgan fingerprint density at radius 1 is 1.42 bits per heavy atom. The lowest BCUT2D eigenvalue weighted by Gasteiger charge is -2.32. The van der Waals surface area contributed by atoms with Crippen LogP contribution in [0.15, 0.2) is 40.9 Å². The molecule has 19 heavy (non-hydrogen) atoms. The van der Waals surface area contributed by atoms with E-state index in [9.17, 15) is 0 Å². The van der Waals surface area contributed by atoms with Crippen LogP contribution in [0.2, 0.25) is 0 Å². The zero-order valence-electron chi connectivity index (χ0n) is 11.7. The van der Waals surface area contributed by atoms with Crippen molar-refractivity contribution in [3.8, 4) is 0 Å². The Morgan fingerprint density at radius 2 is 2.16 bits per heavy atom. The third-order valence-corrected chi connectivity index (χ3v) is 4.06. The molecule has 1 aromatic rings. The Balaban J connectivity index is 1.72. The number of halogens is 1. The molecule has 0 amide bonds. The van der Waals surface area contributed by atoms with Crippen molar-refractivity contribution in [2.45, 2.75) is 32.4 Å². The van der Waals surface area contributed by atoms with E-state index in [0.29, 0.717) is 6.04 Å². The minimum atomic E-state index is 0.653. The highest BCUT2D eigenvalue weighted by molar-refractivity contribution is 9.10. The second-order valence-corrected chi connectivity index (χ2v) is 6.43. The van der Waals surface area contributed by atoms with Crippen molar-refractivity contribution in [1.29, 1.82) is 0 Å². The lowest BCUT2D eigenvalue weighted by molar-refractivity contribution is 0.211. The van der Waals surface area contributed by atoms with Gasteiger partial charge in [-0.15, -0.1) is 0 Å². The summed E-state index contributed by atoms with van der Waals surface area (Å²) in [5.74, 6) is 0. The number of rotatable bonds is 5. The fourth-order valence-electron chi connectivity index (χ4n) is 2.59. The molecule has 1 fully saturated rings. The number of nitrogens with one attached hydrogen (secondary N) is 1. The molecule has 0 spiro atoms. The fourth-order valence-corrected chi connectivity index (χ4v) is 3.03. The Labute approximate surface area is 125 Å². The second kappa shape index (κ2) is 7.22. The van der Waals surface area contributed by atoms with Gasteiger partial charge in [0.15, 0.2) is 0 Å². The van der Waals surface area contributed by atoms with E-state index in [0.717, 1.165) is 17.6 Å². The first-order valence-corrected chi connectivity index (χ1v) is 7.77. The van der Waals surface area contributed by atoms with Crippen molar-refractivity contribution in [2.75, 3.05) is 19.6 Å².